The quantitative estimate of drug-likeness (QED) is 0.813. The van der Waals surface area contributed by atoms with E-state index in [1.165, 1.54) is 6.42 Å². The molecule has 0 radical (unpaired) electrons. The van der Waals surface area contributed by atoms with E-state index >= 15 is 0 Å². The topological polar surface area (TPSA) is 64.4 Å². The largest absolute Gasteiger partial charge is 0.490 e. The molecule has 1 unspecified atom stereocenters. The number of nitrogens with one attached hydrogen (secondary N) is 1. The third-order valence-electron chi connectivity index (χ3n) is 3.71. The maximum absolute atomic E-state index is 11.8. The fourth-order valence-corrected chi connectivity index (χ4v) is 2.19. The van der Waals surface area contributed by atoms with Crippen molar-refractivity contribution in [1.82, 2.24) is 5.32 Å². The third kappa shape index (κ3) is 5.21. The predicted octanol–water partition coefficient (Wildman–Crippen LogP) is 2.78. The average Bonchev–Trinajstić information content (AvgIpc) is 2.41. The number of ether oxygens (including phenoxy) is 1. The van der Waals surface area contributed by atoms with Crippen LogP contribution in [0.3, 0.4) is 0 Å². The highest BCUT2D eigenvalue weighted by atomic mass is 35.5. The molecule has 0 bridgehead atoms. The van der Waals surface area contributed by atoms with E-state index in [4.69, 9.17) is 10.5 Å². The lowest BCUT2D eigenvalue weighted by Gasteiger charge is -2.27. The lowest BCUT2D eigenvalue weighted by atomic mass is 9.96. The summed E-state index contributed by atoms with van der Waals surface area (Å²) >= 11 is 0. The predicted molar refractivity (Wildman–Crippen MR) is 86.7 cm³/mol. The number of benzene rings is 1. The van der Waals surface area contributed by atoms with Gasteiger partial charge >= 0.3 is 0 Å². The molecule has 1 saturated carbocycles. The molecule has 118 valence electrons. The SMILES string of the molecule is CCCC(N)C(=O)NCc1ccccc1OC1CCC1.Cl. The Bertz CT molecular complexity index is 450. The van der Waals surface area contributed by atoms with E-state index in [2.05, 4.69) is 5.32 Å². The molecular weight excluding hydrogens is 288 g/mol. The number of nitrogens with two attached hydrogens (primary N) is 1. The van der Waals surface area contributed by atoms with Gasteiger partial charge in [-0.3, -0.25) is 4.79 Å². The summed E-state index contributed by atoms with van der Waals surface area (Å²) in [5.41, 5.74) is 6.81. The molecule has 0 spiro atoms. The van der Waals surface area contributed by atoms with Crippen molar-refractivity contribution in [3.05, 3.63) is 29.8 Å². The lowest BCUT2D eigenvalue weighted by molar-refractivity contribution is -0.122. The molecule has 1 fully saturated rings. The van der Waals surface area contributed by atoms with E-state index in [0.717, 1.165) is 30.6 Å². The second kappa shape index (κ2) is 8.90. The van der Waals surface area contributed by atoms with Crippen LogP contribution in [-0.4, -0.2) is 18.1 Å². The van der Waals surface area contributed by atoms with E-state index in [0.29, 0.717) is 19.1 Å². The van der Waals surface area contributed by atoms with Gasteiger partial charge in [-0.1, -0.05) is 31.5 Å². The first-order valence-electron chi connectivity index (χ1n) is 7.48. The van der Waals surface area contributed by atoms with Crippen molar-refractivity contribution in [1.29, 1.82) is 0 Å². The lowest BCUT2D eigenvalue weighted by Crippen LogP contribution is -2.40. The summed E-state index contributed by atoms with van der Waals surface area (Å²) in [5.74, 6) is 0.784. The fraction of sp³-hybridized carbons (Fsp3) is 0.562. The van der Waals surface area contributed by atoms with Crippen LogP contribution >= 0.6 is 12.4 Å². The van der Waals surface area contributed by atoms with Gasteiger partial charge in [-0.05, 0) is 31.7 Å². The first-order valence-corrected chi connectivity index (χ1v) is 7.48. The minimum atomic E-state index is -0.417. The molecular formula is C16H25ClN2O2. The second-order valence-electron chi connectivity index (χ2n) is 5.39. The van der Waals surface area contributed by atoms with E-state index < -0.39 is 6.04 Å². The van der Waals surface area contributed by atoms with Crippen LogP contribution in [0.1, 0.15) is 44.6 Å². The highest BCUT2D eigenvalue weighted by molar-refractivity contribution is 5.85. The molecule has 3 N–H and O–H groups in total. The molecule has 1 amide bonds. The molecule has 1 aliphatic rings. The Kier molecular flexibility index (Phi) is 7.54. The fourth-order valence-electron chi connectivity index (χ4n) is 2.19. The summed E-state index contributed by atoms with van der Waals surface area (Å²) in [5, 5.41) is 2.89. The molecule has 1 aromatic rings. The summed E-state index contributed by atoms with van der Waals surface area (Å²) < 4.78 is 5.94. The Morgan fingerprint density at radius 3 is 2.76 bits per heavy atom. The van der Waals surface area contributed by atoms with Gasteiger partial charge in [0.05, 0.1) is 12.1 Å². The molecule has 1 atom stereocenters. The number of carbonyl (C=O) groups excluding carboxylic acids is 1. The molecule has 2 rings (SSSR count). The van der Waals surface area contributed by atoms with Gasteiger partial charge in [0, 0.05) is 12.1 Å². The van der Waals surface area contributed by atoms with Crippen LogP contribution in [0.25, 0.3) is 0 Å². The molecule has 21 heavy (non-hydrogen) atoms. The van der Waals surface area contributed by atoms with Crippen molar-refractivity contribution in [2.45, 2.75) is 57.7 Å². The molecule has 1 aromatic carbocycles. The Hall–Kier alpha value is -1.26. The Labute approximate surface area is 132 Å². The van der Waals surface area contributed by atoms with Crippen molar-refractivity contribution < 1.29 is 9.53 Å². The Morgan fingerprint density at radius 1 is 1.43 bits per heavy atom. The van der Waals surface area contributed by atoms with Crippen LogP contribution in [0.15, 0.2) is 24.3 Å². The normalized spacial score (nSPS) is 15.5. The van der Waals surface area contributed by atoms with Gasteiger partial charge in [0.25, 0.3) is 0 Å². The minimum absolute atomic E-state index is 0. The van der Waals surface area contributed by atoms with Gasteiger partial charge in [-0.2, -0.15) is 0 Å². The molecule has 4 nitrogen and oxygen atoms in total. The summed E-state index contributed by atoms with van der Waals surface area (Å²) in [4.78, 5) is 11.8. The number of hydrogen-bond acceptors (Lipinski definition) is 3. The number of hydrogen-bond donors (Lipinski definition) is 2. The number of carbonyl (C=O) groups is 1. The molecule has 0 saturated heterocycles. The monoisotopic (exact) mass is 312 g/mol. The maximum Gasteiger partial charge on any atom is 0.237 e. The van der Waals surface area contributed by atoms with Gasteiger partial charge in [-0.15, -0.1) is 12.4 Å². The second-order valence-corrected chi connectivity index (χ2v) is 5.39. The average molecular weight is 313 g/mol. The zero-order valence-electron chi connectivity index (χ0n) is 12.5. The van der Waals surface area contributed by atoms with E-state index in [1.807, 2.05) is 31.2 Å². The van der Waals surface area contributed by atoms with Crippen LogP contribution in [0.4, 0.5) is 0 Å². The summed E-state index contributed by atoms with van der Waals surface area (Å²) in [6.45, 7) is 2.49. The number of halogens is 1. The summed E-state index contributed by atoms with van der Waals surface area (Å²) in [7, 11) is 0. The van der Waals surface area contributed by atoms with Gasteiger partial charge in [0.1, 0.15) is 5.75 Å². The number of amides is 1. The summed E-state index contributed by atoms with van der Waals surface area (Å²) in [6, 6.07) is 7.45. The van der Waals surface area contributed by atoms with Crippen molar-refractivity contribution in [3.8, 4) is 5.75 Å². The van der Waals surface area contributed by atoms with Gasteiger partial charge < -0.3 is 15.8 Å². The van der Waals surface area contributed by atoms with E-state index in [1.54, 1.807) is 0 Å². The standard InChI is InChI=1S/C16H24N2O2.ClH/c1-2-6-14(17)16(19)18-11-12-7-3-4-10-15(12)20-13-8-5-9-13;/h3-4,7,10,13-14H,2,5-6,8-9,11,17H2,1H3,(H,18,19);1H. The number of rotatable bonds is 7. The van der Waals surface area contributed by atoms with Gasteiger partial charge in [-0.25, -0.2) is 0 Å². The Balaban J connectivity index is 0.00000220. The van der Waals surface area contributed by atoms with Crippen LogP contribution < -0.4 is 15.8 Å². The third-order valence-corrected chi connectivity index (χ3v) is 3.71. The zero-order valence-corrected chi connectivity index (χ0v) is 13.3. The molecule has 5 heteroatoms. The smallest absolute Gasteiger partial charge is 0.237 e. The Morgan fingerprint density at radius 2 is 2.14 bits per heavy atom. The van der Waals surface area contributed by atoms with Crippen molar-refractivity contribution in [2.75, 3.05) is 0 Å². The van der Waals surface area contributed by atoms with Gasteiger partial charge in [0.15, 0.2) is 0 Å². The van der Waals surface area contributed by atoms with E-state index in [9.17, 15) is 4.79 Å². The number of para-hydroxylation sites is 1. The maximum atomic E-state index is 11.8. The highest BCUT2D eigenvalue weighted by Gasteiger charge is 2.20. The zero-order chi connectivity index (χ0) is 14.4. The van der Waals surface area contributed by atoms with Crippen LogP contribution in [-0.2, 0) is 11.3 Å². The molecule has 0 aliphatic heterocycles. The molecule has 0 heterocycles. The molecule has 0 aromatic heterocycles. The first kappa shape index (κ1) is 17.8. The molecule has 1 aliphatic carbocycles. The van der Waals surface area contributed by atoms with Crippen LogP contribution in [0.2, 0.25) is 0 Å². The van der Waals surface area contributed by atoms with Crippen LogP contribution in [0.5, 0.6) is 5.75 Å². The minimum Gasteiger partial charge on any atom is -0.490 e. The highest BCUT2D eigenvalue weighted by Crippen LogP contribution is 2.27. The van der Waals surface area contributed by atoms with Crippen molar-refractivity contribution in [2.24, 2.45) is 5.73 Å². The first-order chi connectivity index (χ1) is 9.70. The summed E-state index contributed by atoms with van der Waals surface area (Å²) in [6.07, 6.45) is 5.47. The van der Waals surface area contributed by atoms with Gasteiger partial charge in [0.2, 0.25) is 5.91 Å². The van der Waals surface area contributed by atoms with Crippen molar-refractivity contribution in [3.63, 3.8) is 0 Å². The van der Waals surface area contributed by atoms with Crippen LogP contribution in [0, 0.1) is 0 Å². The van der Waals surface area contributed by atoms with Crippen molar-refractivity contribution >= 4 is 18.3 Å². The van der Waals surface area contributed by atoms with E-state index in [-0.39, 0.29) is 18.3 Å².